The molecule has 3 nitrogen and oxygen atoms in total. The van der Waals surface area contributed by atoms with Crippen molar-refractivity contribution in [2.24, 2.45) is 0 Å². The zero-order valence-corrected chi connectivity index (χ0v) is 21.6. The van der Waals surface area contributed by atoms with Gasteiger partial charge in [-0.2, -0.15) is 0 Å². The molecule has 0 aliphatic heterocycles. The summed E-state index contributed by atoms with van der Waals surface area (Å²) in [6, 6.07) is 8.66. The van der Waals surface area contributed by atoms with Crippen LogP contribution in [0.3, 0.4) is 0 Å². The van der Waals surface area contributed by atoms with Crippen molar-refractivity contribution in [3.63, 3.8) is 0 Å². The van der Waals surface area contributed by atoms with E-state index in [1.165, 1.54) is 77.0 Å². The molecule has 1 rings (SSSR count). The van der Waals surface area contributed by atoms with Crippen LogP contribution in [-0.4, -0.2) is 11.9 Å². The van der Waals surface area contributed by atoms with E-state index in [1.54, 1.807) is 24.3 Å². The molecular weight excluding hydrogens is 414 g/mol. The molecule has 0 radical (unpaired) electrons. The van der Waals surface area contributed by atoms with E-state index in [1.807, 2.05) is 6.07 Å². The molecule has 0 aromatic heterocycles. The summed E-state index contributed by atoms with van der Waals surface area (Å²) in [6.45, 7) is 2.27. The van der Waals surface area contributed by atoms with Gasteiger partial charge in [0, 0.05) is 25.9 Å². The topological polar surface area (TPSA) is 43.4 Å². The molecule has 0 aliphatic rings. The predicted molar refractivity (Wildman–Crippen MR) is 116 cm³/mol. The Balaban J connectivity index is 0.00000784. The average molecular weight is 454 g/mol. The van der Waals surface area contributed by atoms with Crippen LogP contribution in [0.1, 0.15) is 120 Å². The Hall–Kier alpha value is -1.02. The zero-order chi connectivity index (χ0) is 20.3. The summed E-state index contributed by atoms with van der Waals surface area (Å²) in [5, 5.41) is 0. The molecule has 0 aliphatic carbocycles. The minimum Gasteiger partial charge on any atom is -0.389 e. The van der Waals surface area contributed by atoms with Crippen molar-refractivity contribution in [3.05, 3.63) is 35.9 Å². The SMILES string of the molecule is CCCCCCCCCCCCCCCCCC(=O)OC(=O)c1ccccc1.[Zn]. The van der Waals surface area contributed by atoms with Crippen LogP contribution in [0.25, 0.3) is 0 Å². The zero-order valence-electron chi connectivity index (χ0n) is 18.6. The Morgan fingerprint density at radius 1 is 0.655 bits per heavy atom. The second-order valence-corrected chi connectivity index (χ2v) is 7.83. The molecule has 160 valence electrons. The maximum atomic E-state index is 11.8. The Labute approximate surface area is 191 Å². The van der Waals surface area contributed by atoms with Gasteiger partial charge in [0.2, 0.25) is 0 Å². The monoisotopic (exact) mass is 452 g/mol. The summed E-state index contributed by atoms with van der Waals surface area (Å²) in [5.41, 5.74) is 0.423. The molecule has 4 heteroatoms. The molecule has 29 heavy (non-hydrogen) atoms. The third-order valence-corrected chi connectivity index (χ3v) is 5.20. The summed E-state index contributed by atoms with van der Waals surface area (Å²) in [7, 11) is 0. The Bertz CT molecular complexity index is 516. The van der Waals surface area contributed by atoms with Gasteiger partial charge in [0.1, 0.15) is 0 Å². The van der Waals surface area contributed by atoms with E-state index in [0.717, 1.165) is 19.3 Å². The molecule has 0 saturated heterocycles. The molecule has 0 atom stereocenters. The number of hydrogen-bond acceptors (Lipinski definition) is 3. The summed E-state index contributed by atoms with van der Waals surface area (Å²) in [6.07, 6.45) is 19.7. The molecule has 0 fully saturated rings. The molecule has 1 aromatic rings. The number of unbranched alkanes of at least 4 members (excludes halogenated alkanes) is 14. The van der Waals surface area contributed by atoms with Crippen LogP contribution < -0.4 is 0 Å². The van der Waals surface area contributed by atoms with Crippen LogP contribution in [0, 0.1) is 0 Å². The number of carbonyl (C=O) groups is 2. The van der Waals surface area contributed by atoms with Crippen molar-refractivity contribution in [2.45, 2.75) is 110 Å². The third-order valence-electron chi connectivity index (χ3n) is 5.20. The number of benzene rings is 1. The Morgan fingerprint density at radius 2 is 1.07 bits per heavy atom. The molecule has 0 amide bonds. The first-order valence-electron chi connectivity index (χ1n) is 11.5. The number of hydrogen-bond donors (Lipinski definition) is 0. The molecule has 0 spiro atoms. The van der Waals surface area contributed by atoms with E-state index in [2.05, 4.69) is 6.92 Å². The van der Waals surface area contributed by atoms with Crippen molar-refractivity contribution in [2.75, 3.05) is 0 Å². The smallest absolute Gasteiger partial charge is 0.345 e. The second kappa shape index (κ2) is 20.3. The van der Waals surface area contributed by atoms with Gasteiger partial charge in [-0.05, 0) is 18.6 Å². The van der Waals surface area contributed by atoms with E-state index >= 15 is 0 Å². The van der Waals surface area contributed by atoms with E-state index < -0.39 is 11.9 Å². The maximum Gasteiger partial charge on any atom is 0.345 e. The summed E-state index contributed by atoms with van der Waals surface area (Å²) in [5.74, 6) is -0.963. The maximum absolute atomic E-state index is 11.8. The number of carbonyl (C=O) groups excluding carboxylic acids is 2. The van der Waals surface area contributed by atoms with E-state index in [-0.39, 0.29) is 19.5 Å². The average Bonchev–Trinajstić information content (AvgIpc) is 2.71. The van der Waals surface area contributed by atoms with Gasteiger partial charge in [-0.3, -0.25) is 4.79 Å². The molecule has 0 saturated carbocycles. The van der Waals surface area contributed by atoms with Crippen LogP contribution in [-0.2, 0) is 29.0 Å². The van der Waals surface area contributed by atoms with Crippen LogP contribution in [0.4, 0.5) is 0 Å². The van der Waals surface area contributed by atoms with Crippen molar-refractivity contribution < 1.29 is 33.8 Å². The minimum atomic E-state index is -0.549. The van der Waals surface area contributed by atoms with Crippen LogP contribution in [0.2, 0.25) is 0 Å². The summed E-state index contributed by atoms with van der Waals surface area (Å²) >= 11 is 0. The molecule has 0 bridgehead atoms. The quantitative estimate of drug-likeness (QED) is 0.105. The minimum absolute atomic E-state index is 0. The van der Waals surface area contributed by atoms with Crippen molar-refractivity contribution in [1.82, 2.24) is 0 Å². The van der Waals surface area contributed by atoms with Gasteiger partial charge in [-0.25, -0.2) is 4.79 Å². The van der Waals surface area contributed by atoms with E-state index in [0.29, 0.717) is 12.0 Å². The number of rotatable bonds is 17. The van der Waals surface area contributed by atoms with Crippen LogP contribution >= 0.6 is 0 Å². The van der Waals surface area contributed by atoms with Gasteiger partial charge < -0.3 is 4.74 Å². The van der Waals surface area contributed by atoms with Crippen molar-refractivity contribution in [1.29, 1.82) is 0 Å². The fraction of sp³-hybridized carbons (Fsp3) is 0.680. The molecule has 1 aromatic carbocycles. The molecule has 0 heterocycles. The first-order chi connectivity index (χ1) is 13.7. The normalized spacial score (nSPS) is 10.4. The predicted octanol–water partition coefficient (Wildman–Crippen LogP) is 7.63. The standard InChI is InChI=1S/C25H40O3.Zn/c1-2-3-4-5-6-7-8-9-10-11-12-13-14-15-19-22-24(26)28-25(27)23-20-17-16-18-21-23;/h16-18,20-21H,2-15,19,22H2,1H3;. The fourth-order valence-corrected chi connectivity index (χ4v) is 3.43. The summed E-state index contributed by atoms with van der Waals surface area (Å²) < 4.78 is 4.88. The van der Waals surface area contributed by atoms with E-state index in [4.69, 9.17) is 4.74 Å². The van der Waals surface area contributed by atoms with Crippen LogP contribution in [0.15, 0.2) is 30.3 Å². The van der Waals surface area contributed by atoms with Gasteiger partial charge >= 0.3 is 11.9 Å². The largest absolute Gasteiger partial charge is 0.389 e. The fourth-order valence-electron chi connectivity index (χ4n) is 3.43. The van der Waals surface area contributed by atoms with Gasteiger partial charge in [0.05, 0.1) is 5.56 Å². The van der Waals surface area contributed by atoms with E-state index in [9.17, 15) is 9.59 Å². The van der Waals surface area contributed by atoms with Crippen molar-refractivity contribution >= 4 is 11.9 Å². The second-order valence-electron chi connectivity index (χ2n) is 7.83. The molecule has 0 unspecified atom stereocenters. The Kier molecular flexibility index (Phi) is 19.6. The van der Waals surface area contributed by atoms with Gasteiger partial charge in [0.25, 0.3) is 0 Å². The van der Waals surface area contributed by atoms with Gasteiger partial charge in [0.15, 0.2) is 0 Å². The number of esters is 2. The molecular formula is C25H40O3Zn. The number of ether oxygens (including phenoxy) is 1. The first kappa shape index (κ1) is 28.0. The molecule has 0 N–H and O–H groups in total. The van der Waals surface area contributed by atoms with Crippen LogP contribution in [0.5, 0.6) is 0 Å². The first-order valence-corrected chi connectivity index (χ1v) is 11.5. The Morgan fingerprint density at radius 3 is 1.52 bits per heavy atom. The summed E-state index contributed by atoms with van der Waals surface area (Å²) in [4.78, 5) is 23.5. The van der Waals surface area contributed by atoms with Gasteiger partial charge in [-0.15, -0.1) is 0 Å². The van der Waals surface area contributed by atoms with Gasteiger partial charge in [-0.1, -0.05) is 115 Å². The third kappa shape index (κ3) is 16.5. The van der Waals surface area contributed by atoms with Crippen molar-refractivity contribution in [3.8, 4) is 0 Å².